The topological polar surface area (TPSA) is 147 Å². The van der Waals surface area contributed by atoms with Crippen LogP contribution in [-0.4, -0.2) is 69.7 Å². The first-order valence-electron chi connectivity index (χ1n) is 14.6. The Kier molecular flexibility index (Phi) is 8.18. The van der Waals surface area contributed by atoms with E-state index in [0.29, 0.717) is 51.5 Å². The maximum atomic E-state index is 13.4. The van der Waals surface area contributed by atoms with Crippen molar-refractivity contribution in [3.63, 3.8) is 0 Å². The van der Waals surface area contributed by atoms with Gasteiger partial charge in [0.2, 0.25) is 18.4 Å². The molecule has 3 aliphatic rings. The van der Waals surface area contributed by atoms with Crippen LogP contribution in [0, 0.1) is 11.8 Å². The molecule has 1 aliphatic carbocycles. The van der Waals surface area contributed by atoms with Crippen molar-refractivity contribution in [2.45, 2.75) is 17.2 Å². The van der Waals surface area contributed by atoms with Crippen LogP contribution in [0.4, 0.5) is 0 Å². The van der Waals surface area contributed by atoms with Gasteiger partial charge in [0.15, 0.2) is 23.0 Å². The summed E-state index contributed by atoms with van der Waals surface area (Å²) in [6.45, 7) is 0.115. The highest BCUT2D eigenvalue weighted by Gasteiger charge is 2.54. The Bertz CT molecular complexity index is 1800. The van der Waals surface area contributed by atoms with Gasteiger partial charge in [-0.1, -0.05) is 11.8 Å². The molecule has 0 unspecified atom stereocenters. The van der Waals surface area contributed by atoms with Crippen molar-refractivity contribution in [1.29, 1.82) is 0 Å². The molecular weight excluding hydrogens is 632 g/mol. The third-order valence-corrected chi connectivity index (χ3v) is 9.27. The quantitative estimate of drug-likeness (QED) is 0.169. The lowest BCUT2D eigenvalue weighted by Crippen LogP contribution is -2.36. The number of cyclic esters (lactones) is 1. The molecule has 0 radical (unpaired) electrons. The molecule has 0 bridgehead atoms. The van der Waals surface area contributed by atoms with Crippen LogP contribution in [0.3, 0.4) is 0 Å². The monoisotopic (exact) mass is 662 g/mol. The Morgan fingerprint density at radius 3 is 2.23 bits per heavy atom. The summed E-state index contributed by atoms with van der Waals surface area (Å²) in [5, 5.41) is 8.35. The third kappa shape index (κ3) is 5.52. The van der Waals surface area contributed by atoms with Crippen molar-refractivity contribution in [2.75, 3.05) is 47.6 Å². The molecule has 2 aliphatic heterocycles. The van der Waals surface area contributed by atoms with Gasteiger partial charge in [0.1, 0.15) is 17.6 Å². The number of esters is 2. The van der Waals surface area contributed by atoms with Crippen LogP contribution in [0.5, 0.6) is 34.5 Å². The summed E-state index contributed by atoms with van der Waals surface area (Å²) in [6.07, 6.45) is -0.806. The van der Waals surface area contributed by atoms with Crippen LogP contribution in [-0.2, 0) is 19.1 Å². The molecule has 0 spiro atoms. The summed E-state index contributed by atoms with van der Waals surface area (Å²) in [7, 11) is 6.17. The lowest BCUT2D eigenvalue weighted by molar-refractivity contribution is -0.151. The van der Waals surface area contributed by atoms with Gasteiger partial charge in [0.05, 0.1) is 41.0 Å². The maximum Gasteiger partial charge on any atom is 0.317 e. The van der Waals surface area contributed by atoms with E-state index >= 15 is 0 Å². The molecule has 1 saturated heterocycles. The van der Waals surface area contributed by atoms with Crippen molar-refractivity contribution in [2.24, 2.45) is 11.8 Å². The van der Waals surface area contributed by atoms with Gasteiger partial charge in [-0.05, 0) is 59.7 Å². The number of hydrogen-bond donors (Lipinski definition) is 0. The number of thioether (sulfide) groups is 1. The number of methoxy groups -OCH3 is 4. The van der Waals surface area contributed by atoms with Crippen LogP contribution < -0.4 is 28.4 Å². The van der Waals surface area contributed by atoms with E-state index in [4.69, 9.17) is 42.3 Å². The molecule has 4 atom stereocenters. The van der Waals surface area contributed by atoms with Crippen LogP contribution in [0.1, 0.15) is 28.7 Å². The van der Waals surface area contributed by atoms with E-state index in [1.165, 1.54) is 21.3 Å². The predicted molar refractivity (Wildman–Crippen MR) is 164 cm³/mol. The third-order valence-electron chi connectivity index (χ3n) is 8.48. The fraction of sp³-hybridized carbons (Fsp3) is 0.333. The van der Waals surface area contributed by atoms with Crippen molar-refractivity contribution >= 4 is 23.7 Å². The number of benzene rings is 3. The fourth-order valence-electron chi connectivity index (χ4n) is 6.36. The second-order valence-corrected chi connectivity index (χ2v) is 11.8. The molecule has 1 fully saturated rings. The van der Waals surface area contributed by atoms with E-state index in [0.717, 1.165) is 22.9 Å². The molecule has 0 N–H and O–H groups in total. The van der Waals surface area contributed by atoms with Crippen molar-refractivity contribution in [1.82, 2.24) is 10.2 Å². The molecule has 244 valence electrons. The molecule has 14 heteroatoms. The molecule has 0 amide bonds. The largest absolute Gasteiger partial charge is 0.497 e. The molecule has 3 heterocycles. The lowest BCUT2D eigenvalue weighted by atomic mass is 9.66. The summed E-state index contributed by atoms with van der Waals surface area (Å²) in [5.41, 5.74) is 2.86. The molecule has 7 rings (SSSR count). The number of ether oxygens (including phenoxy) is 8. The maximum absolute atomic E-state index is 13.4. The second-order valence-electron chi connectivity index (χ2n) is 10.9. The summed E-state index contributed by atoms with van der Waals surface area (Å²) >= 11 is 1.05. The smallest absolute Gasteiger partial charge is 0.317 e. The van der Waals surface area contributed by atoms with Gasteiger partial charge >= 0.3 is 11.9 Å². The zero-order valence-electron chi connectivity index (χ0n) is 25.8. The molecule has 0 saturated carbocycles. The predicted octanol–water partition coefficient (Wildman–Crippen LogP) is 4.81. The van der Waals surface area contributed by atoms with Crippen LogP contribution in [0.15, 0.2) is 58.2 Å². The van der Waals surface area contributed by atoms with E-state index in [2.05, 4.69) is 10.2 Å². The van der Waals surface area contributed by atoms with Crippen molar-refractivity contribution in [3.8, 4) is 46.0 Å². The first-order chi connectivity index (χ1) is 22.9. The number of hydrogen-bond acceptors (Lipinski definition) is 14. The summed E-state index contributed by atoms with van der Waals surface area (Å²) in [4.78, 5) is 26.8. The zero-order valence-corrected chi connectivity index (χ0v) is 26.7. The first-order valence-corrected chi connectivity index (χ1v) is 15.6. The van der Waals surface area contributed by atoms with Crippen LogP contribution in [0.2, 0.25) is 0 Å². The number of fused-ring (bicyclic) bond motifs is 3. The molecule has 47 heavy (non-hydrogen) atoms. The van der Waals surface area contributed by atoms with Gasteiger partial charge in [0.25, 0.3) is 5.22 Å². The highest BCUT2D eigenvalue weighted by molar-refractivity contribution is 7.99. The van der Waals surface area contributed by atoms with Crippen LogP contribution in [0.25, 0.3) is 11.5 Å². The normalized spacial score (nSPS) is 20.6. The number of carbonyl (C=O) groups is 2. The van der Waals surface area contributed by atoms with Gasteiger partial charge in [-0.2, -0.15) is 0 Å². The Morgan fingerprint density at radius 2 is 1.57 bits per heavy atom. The summed E-state index contributed by atoms with van der Waals surface area (Å²) in [5.74, 6) is 0.637. The van der Waals surface area contributed by atoms with Gasteiger partial charge in [-0.25, -0.2) is 0 Å². The number of nitrogens with zero attached hydrogens (tertiary/aromatic N) is 2. The highest BCUT2D eigenvalue weighted by Crippen LogP contribution is 2.56. The molecule has 13 nitrogen and oxygen atoms in total. The van der Waals surface area contributed by atoms with Gasteiger partial charge in [-0.15, -0.1) is 10.2 Å². The SMILES string of the molecule is COc1ccc(-c2nnc(SCC(=O)O[C@H]3c4cc5c(cc4[C@@H](c4cc(OC)c(OC)c(OC)c4)[C@H]4C(=O)OC[C@@H]43)OCO5)o2)cc1. The Balaban J connectivity index is 1.19. The number of aromatic nitrogens is 2. The van der Waals surface area contributed by atoms with E-state index < -0.39 is 35.8 Å². The molecule has 4 aromatic rings. The van der Waals surface area contributed by atoms with Gasteiger partial charge in [0, 0.05) is 23.0 Å². The molecular formula is C33H30N2O11S. The standard InChI is InChI=1S/C33H30N2O11S/c1-38-18-7-5-16(6-8-18)31-34-35-33(46-31)47-14-26(36)45-29-20-12-23-22(43-15-44-23)11-19(20)27(28-21(29)13-42-32(28)37)17-9-24(39-2)30(41-4)25(10-17)40-3/h5-12,21,27-29H,13-15H2,1-4H3/t21-,27+,28-,29-/m0/s1. The second kappa shape index (κ2) is 12.6. The molecule has 3 aromatic carbocycles. The number of rotatable bonds is 10. The fourth-order valence-corrected chi connectivity index (χ4v) is 6.90. The molecule has 1 aromatic heterocycles. The average molecular weight is 663 g/mol. The van der Waals surface area contributed by atoms with Gasteiger partial charge < -0.3 is 42.3 Å². The van der Waals surface area contributed by atoms with E-state index in [-0.39, 0.29) is 24.4 Å². The van der Waals surface area contributed by atoms with E-state index in [9.17, 15) is 9.59 Å². The minimum Gasteiger partial charge on any atom is -0.497 e. The van der Waals surface area contributed by atoms with Gasteiger partial charge in [-0.3, -0.25) is 9.59 Å². The van der Waals surface area contributed by atoms with Crippen molar-refractivity contribution < 1.29 is 51.9 Å². The summed E-state index contributed by atoms with van der Waals surface area (Å²) < 4.78 is 50.9. The Morgan fingerprint density at radius 1 is 0.872 bits per heavy atom. The van der Waals surface area contributed by atoms with Crippen LogP contribution >= 0.6 is 11.8 Å². The first kappa shape index (κ1) is 30.5. The van der Waals surface area contributed by atoms with E-state index in [1.807, 2.05) is 24.3 Å². The Hall–Kier alpha value is -5.11. The number of carbonyl (C=O) groups excluding carboxylic acids is 2. The minimum absolute atomic E-state index is 0.0474. The average Bonchev–Trinajstić information content (AvgIpc) is 3.86. The lowest BCUT2D eigenvalue weighted by Gasteiger charge is -2.38. The van der Waals surface area contributed by atoms with E-state index in [1.54, 1.807) is 31.4 Å². The zero-order chi connectivity index (χ0) is 32.7. The highest BCUT2D eigenvalue weighted by atomic mass is 32.2. The van der Waals surface area contributed by atoms with Crippen molar-refractivity contribution in [3.05, 3.63) is 65.2 Å². The minimum atomic E-state index is -0.806. The summed E-state index contributed by atoms with van der Waals surface area (Å²) in [6, 6.07) is 14.5. The Labute approximate surface area is 273 Å².